The van der Waals surface area contributed by atoms with E-state index < -0.39 is 11.9 Å². The Morgan fingerprint density at radius 3 is 2.82 bits per heavy atom. The number of carboxylic acid groups (broad SMARTS) is 1. The fraction of sp³-hybridized carbons (Fsp3) is 0.412. The van der Waals surface area contributed by atoms with E-state index in [0.29, 0.717) is 19.5 Å². The van der Waals surface area contributed by atoms with Crippen LogP contribution in [0.2, 0.25) is 0 Å². The van der Waals surface area contributed by atoms with Crippen LogP contribution in [-0.4, -0.2) is 35.0 Å². The summed E-state index contributed by atoms with van der Waals surface area (Å²) in [6.45, 7) is 4.86. The van der Waals surface area contributed by atoms with Gasteiger partial charge in [-0.3, -0.25) is 9.59 Å². The van der Waals surface area contributed by atoms with Gasteiger partial charge in [-0.05, 0) is 31.4 Å². The van der Waals surface area contributed by atoms with E-state index >= 15 is 0 Å². The molecule has 1 aromatic carbocycles. The molecule has 5 heteroatoms. The van der Waals surface area contributed by atoms with Crippen LogP contribution < -0.4 is 0 Å². The average molecular weight is 301 g/mol. The maximum absolute atomic E-state index is 12.4. The molecule has 0 spiro atoms. The number of hydrogen-bond donors (Lipinski definition) is 1. The fourth-order valence-electron chi connectivity index (χ4n) is 2.99. The van der Waals surface area contributed by atoms with Gasteiger partial charge in [0.15, 0.2) is 0 Å². The Labute approximate surface area is 128 Å². The number of furan rings is 1. The molecular formula is C17H19NO4. The van der Waals surface area contributed by atoms with E-state index in [9.17, 15) is 9.59 Å². The summed E-state index contributed by atoms with van der Waals surface area (Å²) in [6.07, 6.45) is 2.42. The van der Waals surface area contributed by atoms with Gasteiger partial charge in [0.2, 0.25) is 5.91 Å². The van der Waals surface area contributed by atoms with Crippen LogP contribution in [0, 0.1) is 19.8 Å². The SMILES string of the molecule is Cc1ccc2c(CC(=O)N3CC[C@H](C(=O)O)C3)coc2c1C. The number of carbonyl (C=O) groups excluding carboxylic acids is 1. The molecule has 116 valence electrons. The van der Waals surface area contributed by atoms with E-state index in [2.05, 4.69) is 0 Å². The number of amides is 1. The van der Waals surface area contributed by atoms with Crippen LogP contribution in [0.15, 0.2) is 22.8 Å². The predicted octanol–water partition coefficient (Wildman–Crippen LogP) is 2.53. The molecule has 1 fully saturated rings. The Morgan fingerprint density at radius 2 is 2.14 bits per heavy atom. The summed E-state index contributed by atoms with van der Waals surface area (Å²) >= 11 is 0. The highest BCUT2D eigenvalue weighted by Crippen LogP contribution is 2.27. The van der Waals surface area contributed by atoms with Crippen molar-refractivity contribution in [1.82, 2.24) is 4.90 Å². The summed E-state index contributed by atoms with van der Waals surface area (Å²) in [5, 5.41) is 9.98. The van der Waals surface area contributed by atoms with Crippen molar-refractivity contribution < 1.29 is 19.1 Å². The zero-order chi connectivity index (χ0) is 15.9. The molecule has 1 saturated heterocycles. The highest BCUT2D eigenvalue weighted by Gasteiger charge is 2.31. The normalized spacial score (nSPS) is 18.1. The van der Waals surface area contributed by atoms with E-state index in [1.807, 2.05) is 26.0 Å². The highest BCUT2D eigenvalue weighted by atomic mass is 16.4. The number of aliphatic carboxylic acids is 1. The molecule has 5 nitrogen and oxygen atoms in total. The standard InChI is InChI=1S/C17H19NO4/c1-10-3-4-14-13(9-22-16(14)11(10)2)7-15(19)18-6-5-12(8-18)17(20)21/h3-4,9,12H,5-8H2,1-2H3,(H,20,21)/t12-/m0/s1. The number of rotatable bonds is 3. The number of carbonyl (C=O) groups is 2. The molecule has 1 aliphatic heterocycles. The van der Waals surface area contributed by atoms with Crippen LogP contribution in [0.3, 0.4) is 0 Å². The lowest BCUT2D eigenvalue weighted by Gasteiger charge is -2.15. The third-order valence-electron chi connectivity index (χ3n) is 4.57. The van der Waals surface area contributed by atoms with Crippen LogP contribution in [0.1, 0.15) is 23.1 Å². The first kappa shape index (κ1) is 14.6. The van der Waals surface area contributed by atoms with Crippen LogP contribution in [0.5, 0.6) is 0 Å². The summed E-state index contributed by atoms with van der Waals surface area (Å²) in [6, 6.07) is 4.01. The molecule has 3 rings (SSSR count). The van der Waals surface area contributed by atoms with Gasteiger partial charge in [-0.2, -0.15) is 0 Å². The summed E-state index contributed by atoms with van der Waals surface area (Å²) < 4.78 is 5.62. The third-order valence-corrected chi connectivity index (χ3v) is 4.57. The van der Waals surface area contributed by atoms with Crippen LogP contribution in [0.25, 0.3) is 11.0 Å². The van der Waals surface area contributed by atoms with E-state index in [1.54, 1.807) is 11.2 Å². The molecule has 1 atom stereocenters. The van der Waals surface area contributed by atoms with Crippen molar-refractivity contribution in [3.63, 3.8) is 0 Å². The number of likely N-dealkylation sites (tertiary alicyclic amines) is 1. The Bertz CT molecular complexity index is 746. The van der Waals surface area contributed by atoms with E-state index in [-0.39, 0.29) is 12.3 Å². The van der Waals surface area contributed by atoms with Crippen LogP contribution in [0.4, 0.5) is 0 Å². The monoisotopic (exact) mass is 301 g/mol. The van der Waals surface area contributed by atoms with Gasteiger partial charge < -0.3 is 14.4 Å². The van der Waals surface area contributed by atoms with E-state index in [0.717, 1.165) is 27.7 Å². The number of nitrogens with zero attached hydrogens (tertiary/aromatic N) is 1. The first-order chi connectivity index (χ1) is 10.5. The predicted molar refractivity (Wildman–Crippen MR) is 81.7 cm³/mol. The van der Waals surface area contributed by atoms with Crippen molar-refractivity contribution >= 4 is 22.8 Å². The Hall–Kier alpha value is -2.30. The van der Waals surface area contributed by atoms with Gasteiger partial charge in [0.05, 0.1) is 18.6 Å². The molecule has 0 radical (unpaired) electrons. The third kappa shape index (κ3) is 2.47. The fourth-order valence-corrected chi connectivity index (χ4v) is 2.99. The van der Waals surface area contributed by atoms with Crippen molar-refractivity contribution in [3.8, 4) is 0 Å². The lowest BCUT2D eigenvalue weighted by molar-refractivity contribution is -0.141. The van der Waals surface area contributed by atoms with Crippen molar-refractivity contribution in [3.05, 3.63) is 35.1 Å². The molecular weight excluding hydrogens is 282 g/mol. The molecule has 1 amide bonds. The summed E-state index contributed by atoms with van der Waals surface area (Å²) in [7, 11) is 0. The second kappa shape index (κ2) is 5.48. The average Bonchev–Trinajstić information content (AvgIpc) is 3.10. The van der Waals surface area contributed by atoms with Gasteiger partial charge in [0.1, 0.15) is 5.58 Å². The van der Waals surface area contributed by atoms with Gasteiger partial charge in [-0.15, -0.1) is 0 Å². The zero-order valence-corrected chi connectivity index (χ0v) is 12.8. The maximum atomic E-state index is 12.4. The Morgan fingerprint density at radius 1 is 1.36 bits per heavy atom. The molecule has 1 N–H and O–H groups in total. The van der Waals surface area contributed by atoms with Gasteiger partial charge in [0.25, 0.3) is 0 Å². The molecule has 0 unspecified atom stereocenters. The molecule has 22 heavy (non-hydrogen) atoms. The van der Waals surface area contributed by atoms with E-state index in [4.69, 9.17) is 9.52 Å². The summed E-state index contributed by atoms with van der Waals surface area (Å²) in [5.74, 6) is -1.30. The first-order valence-corrected chi connectivity index (χ1v) is 7.44. The first-order valence-electron chi connectivity index (χ1n) is 7.44. The molecule has 0 aliphatic carbocycles. The second-order valence-electron chi connectivity index (χ2n) is 5.99. The van der Waals surface area contributed by atoms with Crippen LogP contribution in [-0.2, 0) is 16.0 Å². The molecule has 1 aliphatic rings. The number of carboxylic acids is 1. The van der Waals surface area contributed by atoms with Crippen molar-refractivity contribution in [2.75, 3.05) is 13.1 Å². The smallest absolute Gasteiger partial charge is 0.308 e. The van der Waals surface area contributed by atoms with Gasteiger partial charge in [-0.1, -0.05) is 12.1 Å². The highest BCUT2D eigenvalue weighted by molar-refractivity contribution is 5.90. The number of hydrogen-bond acceptors (Lipinski definition) is 3. The maximum Gasteiger partial charge on any atom is 0.308 e. The molecule has 1 aromatic heterocycles. The summed E-state index contributed by atoms with van der Waals surface area (Å²) in [5.41, 5.74) is 3.93. The molecule has 2 aromatic rings. The lowest BCUT2D eigenvalue weighted by Crippen LogP contribution is -2.31. The quantitative estimate of drug-likeness (QED) is 0.945. The zero-order valence-electron chi connectivity index (χ0n) is 12.8. The Balaban J connectivity index is 1.78. The molecule has 0 saturated carbocycles. The lowest BCUT2D eigenvalue weighted by atomic mass is 10.0. The minimum Gasteiger partial charge on any atom is -0.481 e. The van der Waals surface area contributed by atoms with Gasteiger partial charge in [-0.25, -0.2) is 0 Å². The van der Waals surface area contributed by atoms with Gasteiger partial charge in [0, 0.05) is 24.0 Å². The van der Waals surface area contributed by atoms with Crippen LogP contribution >= 0.6 is 0 Å². The number of fused-ring (bicyclic) bond motifs is 1. The number of benzene rings is 1. The van der Waals surface area contributed by atoms with Crippen molar-refractivity contribution in [2.24, 2.45) is 5.92 Å². The van der Waals surface area contributed by atoms with Crippen molar-refractivity contribution in [2.45, 2.75) is 26.7 Å². The Kier molecular flexibility index (Phi) is 3.64. The molecule has 0 bridgehead atoms. The van der Waals surface area contributed by atoms with Crippen molar-refractivity contribution in [1.29, 1.82) is 0 Å². The summed E-state index contributed by atoms with van der Waals surface area (Å²) in [4.78, 5) is 25.0. The number of aryl methyl sites for hydroxylation is 2. The van der Waals surface area contributed by atoms with Gasteiger partial charge >= 0.3 is 5.97 Å². The minimum absolute atomic E-state index is 0.0373. The molecule has 2 heterocycles. The second-order valence-corrected chi connectivity index (χ2v) is 5.99. The van der Waals surface area contributed by atoms with E-state index in [1.165, 1.54) is 0 Å². The topological polar surface area (TPSA) is 70.8 Å². The largest absolute Gasteiger partial charge is 0.481 e. The minimum atomic E-state index is -0.824.